The van der Waals surface area contributed by atoms with Crippen molar-refractivity contribution in [2.24, 2.45) is 53.3 Å². The predicted molar refractivity (Wildman–Crippen MR) is 116 cm³/mol. The smallest absolute Gasteiger partial charge is 0.0249 e. The fraction of sp³-hybridized carbons (Fsp3) is 1.00. The zero-order valence-electron chi connectivity index (χ0n) is 16.4. The summed E-state index contributed by atoms with van der Waals surface area (Å²) in [5.74, 6) is 9.71. The van der Waals surface area contributed by atoms with Crippen molar-refractivity contribution in [1.29, 1.82) is 0 Å². The van der Waals surface area contributed by atoms with Gasteiger partial charge in [-0.2, -0.15) is 25.3 Å². The van der Waals surface area contributed by atoms with E-state index in [-0.39, 0.29) is 4.75 Å². The third-order valence-corrected chi connectivity index (χ3v) is 12.4. The van der Waals surface area contributed by atoms with E-state index in [0.717, 1.165) is 53.3 Å². The van der Waals surface area contributed by atoms with Crippen LogP contribution in [0.3, 0.4) is 0 Å². The van der Waals surface area contributed by atoms with Crippen LogP contribution in [0.1, 0.15) is 83.5 Å². The normalized spacial score (nSPS) is 61.2. The minimum atomic E-state index is 0.240. The SMILES string of the molecule is SC1C2C3CCCCCCCC4C5CCCCC1(S)CCC2C1C5C4C31. The van der Waals surface area contributed by atoms with Gasteiger partial charge in [0.1, 0.15) is 0 Å². The topological polar surface area (TPSA) is 0 Å². The molecule has 146 valence electrons. The fourth-order valence-corrected chi connectivity index (χ4v) is 10.9. The second-order valence-electron chi connectivity index (χ2n) is 11.2. The number of hydrogen-bond acceptors (Lipinski definition) is 2. The minimum absolute atomic E-state index is 0.240. The van der Waals surface area contributed by atoms with Gasteiger partial charge in [-0.25, -0.2) is 0 Å². The van der Waals surface area contributed by atoms with E-state index in [4.69, 9.17) is 25.3 Å². The van der Waals surface area contributed by atoms with Crippen molar-refractivity contribution < 1.29 is 0 Å². The van der Waals surface area contributed by atoms with Crippen LogP contribution in [0.5, 0.6) is 0 Å². The molecule has 0 aromatic rings. The van der Waals surface area contributed by atoms with Crippen molar-refractivity contribution in [2.75, 3.05) is 0 Å². The molecule has 0 amide bonds. The first-order valence-corrected chi connectivity index (χ1v) is 13.1. The number of fused-ring (bicyclic) bond motifs is 4. The maximum atomic E-state index is 5.38. The van der Waals surface area contributed by atoms with Crippen LogP contribution in [-0.2, 0) is 0 Å². The van der Waals surface area contributed by atoms with E-state index in [2.05, 4.69) is 0 Å². The zero-order valence-corrected chi connectivity index (χ0v) is 18.1. The highest BCUT2D eigenvalue weighted by molar-refractivity contribution is 7.85. The maximum Gasteiger partial charge on any atom is 0.0249 e. The number of thiol groups is 2. The average molecular weight is 391 g/mol. The molecule has 7 fully saturated rings. The van der Waals surface area contributed by atoms with Crippen molar-refractivity contribution in [3.05, 3.63) is 0 Å². The molecular weight excluding hydrogens is 352 g/mol. The first-order valence-electron chi connectivity index (χ1n) is 12.1. The Morgan fingerprint density at radius 1 is 0.500 bits per heavy atom. The molecule has 7 aliphatic carbocycles. The van der Waals surface area contributed by atoms with Crippen molar-refractivity contribution in [3.8, 4) is 0 Å². The monoisotopic (exact) mass is 390 g/mol. The Morgan fingerprint density at radius 3 is 1.69 bits per heavy atom. The van der Waals surface area contributed by atoms with Crippen LogP contribution >= 0.6 is 25.3 Å². The lowest BCUT2D eigenvalue weighted by molar-refractivity contribution is -0.219. The molecule has 11 atom stereocenters. The number of hydrogen-bond donors (Lipinski definition) is 2. The van der Waals surface area contributed by atoms with Crippen molar-refractivity contribution in [2.45, 2.75) is 93.5 Å². The molecule has 0 radical (unpaired) electrons. The summed E-state index contributed by atoms with van der Waals surface area (Å²) in [5.41, 5.74) is 0. The molecule has 0 spiro atoms. The van der Waals surface area contributed by atoms with Crippen LogP contribution in [0.15, 0.2) is 0 Å². The standard InChI is InChI=1S/C24H38S2/c25-23-18-16-10-5-3-1-2-4-8-14-15-9-6-7-12-24(23,26)13-11-17(18)22-20(15)19(14)21(16)22/h14-23,25-26H,1-13H2. The summed E-state index contributed by atoms with van der Waals surface area (Å²) in [5, 5.41) is 0.569. The lowest BCUT2D eigenvalue weighted by Crippen LogP contribution is -2.65. The van der Waals surface area contributed by atoms with E-state index < -0.39 is 0 Å². The van der Waals surface area contributed by atoms with Gasteiger partial charge in [0.05, 0.1) is 0 Å². The highest BCUT2D eigenvalue weighted by Crippen LogP contribution is 2.78. The summed E-state index contributed by atoms with van der Waals surface area (Å²) in [7, 11) is 0. The molecule has 0 aliphatic heterocycles. The molecule has 0 saturated heterocycles. The Kier molecular flexibility index (Phi) is 4.28. The van der Waals surface area contributed by atoms with Gasteiger partial charge in [0.25, 0.3) is 0 Å². The van der Waals surface area contributed by atoms with Gasteiger partial charge >= 0.3 is 0 Å². The summed E-state index contributed by atoms with van der Waals surface area (Å²) in [4.78, 5) is 0. The summed E-state index contributed by atoms with van der Waals surface area (Å²) < 4.78 is 0.240. The van der Waals surface area contributed by atoms with Gasteiger partial charge < -0.3 is 0 Å². The first-order chi connectivity index (χ1) is 12.7. The largest absolute Gasteiger partial charge is 0.174 e. The second kappa shape index (κ2) is 6.35. The Labute approximate surface area is 171 Å². The number of rotatable bonds is 0. The van der Waals surface area contributed by atoms with E-state index in [1.54, 1.807) is 12.8 Å². The molecule has 0 N–H and O–H groups in total. The Morgan fingerprint density at radius 2 is 1.00 bits per heavy atom. The van der Waals surface area contributed by atoms with Gasteiger partial charge in [-0.05, 0) is 91.8 Å². The highest BCUT2D eigenvalue weighted by Gasteiger charge is 2.74. The molecule has 7 aliphatic rings. The molecule has 26 heavy (non-hydrogen) atoms. The van der Waals surface area contributed by atoms with E-state index in [1.807, 2.05) is 0 Å². The molecule has 0 aromatic carbocycles. The zero-order chi connectivity index (χ0) is 17.5. The van der Waals surface area contributed by atoms with Gasteiger partial charge in [-0.1, -0.05) is 44.9 Å². The molecule has 7 saturated carbocycles. The van der Waals surface area contributed by atoms with Crippen LogP contribution in [0.4, 0.5) is 0 Å². The molecule has 11 unspecified atom stereocenters. The summed E-state index contributed by atoms with van der Waals surface area (Å²) in [6.45, 7) is 0. The van der Waals surface area contributed by atoms with Crippen LogP contribution in [0.2, 0.25) is 0 Å². The molecule has 2 heteroatoms. The molecule has 7 rings (SSSR count). The second-order valence-corrected chi connectivity index (χ2v) is 12.7. The Bertz CT molecular complexity index is 560. The fourth-order valence-electron chi connectivity index (χ4n) is 9.77. The third-order valence-electron chi connectivity index (χ3n) is 10.6. The third kappa shape index (κ3) is 2.24. The van der Waals surface area contributed by atoms with E-state index in [1.165, 1.54) is 70.6 Å². The lowest BCUT2D eigenvalue weighted by atomic mass is 9.35. The van der Waals surface area contributed by atoms with Crippen molar-refractivity contribution in [3.63, 3.8) is 0 Å². The van der Waals surface area contributed by atoms with E-state index in [9.17, 15) is 0 Å². The lowest BCUT2D eigenvalue weighted by Gasteiger charge is -2.69. The molecule has 4 bridgehead atoms. The van der Waals surface area contributed by atoms with E-state index >= 15 is 0 Å². The van der Waals surface area contributed by atoms with Crippen LogP contribution < -0.4 is 0 Å². The maximum absolute atomic E-state index is 5.38. The van der Waals surface area contributed by atoms with Gasteiger partial charge in [-0.3, -0.25) is 0 Å². The highest BCUT2D eigenvalue weighted by atomic mass is 32.1. The Hall–Kier alpha value is 0.700. The van der Waals surface area contributed by atoms with Gasteiger partial charge in [-0.15, -0.1) is 0 Å². The van der Waals surface area contributed by atoms with Gasteiger partial charge in [0, 0.05) is 10.00 Å². The summed E-state index contributed by atoms with van der Waals surface area (Å²) in [6, 6.07) is 0. The first kappa shape index (κ1) is 17.5. The van der Waals surface area contributed by atoms with Crippen LogP contribution in [0, 0.1) is 53.3 Å². The minimum Gasteiger partial charge on any atom is -0.174 e. The molecular formula is C24H38S2. The molecule has 0 heterocycles. The van der Waals surface area contributed by atoms with Crippen LogP contribution in [-0.4, -0.2) is 10.00 Å². The predicted octanol–water partition coefficient (Wildman–Crippen LogP) is 6.65. The quantitative estimate of drug-likeness (QED) is 0.425. The van der Waals surface area contributed by atoms with Gasteiger partial charge in [0.2, 0.25) is 0 Å². The average Bonchev–Trinajstić information content (AvgIpc) is 2.85. The molecule has 0 aromatic heterocycles. The summed E-state index contributed by atoms with van der Waals surface area (Å²) in [6.07, 6.45) is 19.3. The summed E-state index contributed by atoms with van der Waals surface area (Å²) >= 11 is 10.7. The molecule has 0 nitrogen and oxygen atoms in total. The van der Waals surface area contributed by atoms with Crippen molar-refractivity contribution >= 4 is 25.3 Å². The van der Waals surface area contributed by atoms with E-state index in [0.29, 0.717) is 5.25 Å². The van der Waals surface area contributed by atoms with Crippen LogP contribution in [0.25, 0.3) is 0 Å². The van der Waals surface area contributed by atoms with Crippen molar-refractivity contribution in [1.82, 2.24) is 0 Å². The van der Waals surface area contributed by atoms with Gasteiger partial charge in [0.15, 0.2) is 0 Å². The Balaban J connectivity index is 1.41.